The average molecular weight is 422 g/mol. The monoisotopic (exact) mass is 422 g/mol. The lowest BCUT2D eigenvalue weighted by Gasteiger charge is -2.18. The highest BCUT2D eigenvalue weighted by atomic mass is 16.5. The van der Waals surface area contributed by atoms with Crippen LogP contribution in [-0.4, -0.2) is 42.1 Å². The Labute approximate surface area is 181 Å². The molecule has 0 radical (unpaired) electrons. The van der Waals surface area contributed by atoms with Crippen molar-refractivity contribution in [1.82, 2.24) is 9.47 Å². The number of aromatic nitrogens is 1. The van der Waals surface area contributed by atoms with Gasteiger partial charge in [-0.2, -0.15) is 0 Å². The SMILES string of the molecule is COc1cc(CN(C)C(=O)COC(=O)c2cccn2C)ccc1OCc1ccccc1. The highest BCUT2D eigenvalue weighted by molar-refractivity contribution is 5.89. The second-order valence-electron chi connectivity index (χ2n) is 7.09. The zero-order valence-corrected chi connectivity index (χ0v) is 17.9. The number of likely N-dealkylation sites (N-methyl/N-ethyl adjacent to an activating group) is 1. The zero-order chi connectivity index (χ0) is 22.2. The summed E-state index contributed by atoms with van der Waals surface area (Å²) in [6.07, 6.45) is 1.74. The number of carbonyl (C=O) groups is 2. The van der Waals surface area contributed by atoms with Crippen molar-refractivity contribution in [2.45, 2.75) is 13.2 Å². The van der Waals surface area contributed by atoms with E-state index in [0.29, 0.717) is 30.3 Å². The quantitative estimate of drug-likeness (QED) is 0.494. The van der Waals surface area contributed by atoms with Crippen LogP contribution in [0.3, 0.4) is 0 Å². The molecule has 31 heavy (non-hydrogen) atoms. The number of amides is 1. The van der Waals surface area contributed by atoms with E-state index in [-0.39, 0.29) is 12.5 Å². The number of rotatable bonds is 9. The van der Waals surface area contributed by atoms with E-state index in [1.54, 1.807) is 44.1 Å². The first-order valence-corrected chi connectivity index (χ1v) is 9.84. The zero-order valence-electron chi connectivity index (χ0n) is 17.9. The topological polar surface area (TPSA) is 70.0 Å². The highest BCUT2D eigenvalue weighted by Gasteiger charge is 2.16. The Morgan fingerprint density at radius 1 is 0.968 bits per heavy atom. The smallest absolute Gasteiger partial charge is 0.355 e. The first-order valence-electron chi connectivity index (χ1n) is 9.84. The van der Waals surface area contributed by atoms with Crippen molar-refractivity contribution in [2.75, 3.05) is 20.8 Å². The number of carbonyl (C=O) groups excluding carboxylic acids is 2. The Bertz CT molecular complexity index is 1030. The summed E-state index contributed by atoms with van der Waals surface area (Å²) in [6.45, 7) is 0.452. The summed E-state index contributed by atoms with van der Waals surface area (Å²) in [4.78, 5) is 25.9. The van der Waals surface area contributed by atoms with Gasteiger partial charge < -0.3 is 23.7 Å². The lowest BCUT2D eigenvalue weighted by atomic mass is 10.2. The molecular formula is C24H26N2O5. The second-order valence-corrected chi connectivity index (χ2v) is 7.09. The van der Waals surface area contributed by atoms with Crippen LogP contribution < -0.4 is 9.47 Å². The van der Waals surface area contributed by atoms with Crippen molar-refractivity contribution in [3.63, 3.8) is 0 Å². The fraction of sp³-hybridized carbons (Fsp3) is 0.250. The molecule has 1 aromatic heterocycles. The van der Waals surface area contributed by atoms with Crippen LogP contribution >= 0.6 is 0 Å². The number of methoxy groups -OCH3 is 1. The number of benzene rings is 2. The summed E-state index contributed by atoms with van der Waals surface area (Å²) >= 11 is 0. The minimum absolute atomic E-state index is 0.300. The Kier molecular flexibility index (Phi) is 7.32. The standard InChI is InChI=1S/C24H26N2O5/c1-25-13-7-10-20(25)24(28)31-17-23(27)26(2)15-19-11-12-21(22(14-19)29-3)30-16-18-8-5-4-6-9-18/h4-14H,15-17H2,1-3H3. The van der Waals surface area contributed by atoms with Crippen LogP contribution in [0.15, 0.2) is 66.9 Å². The maximum absolute atomic E-state index is 12.4. The third-order valence-electron chi connectivity index (χ3n) is 4.79. The first kappa shape index (κ1) is 22.0. The van der Waals surface area contributed by atoms with Crippen LogP contribution in [0, 0.1) is 0 Å². The Balaban J connectivity index is 1.55. The summed E-state index contributed by atoms with van der Waals surface area (Å²) < 4.78 is 18.1. The van der Waals surface area contributed by atoms with E-state index in [1.165, 1.54) is 4.90 Å². The predicted molar refractivity (Wildman–Crippen MR) is 116 cm³/mol. The molecule has 0 N–H and O–H groups in total. The van der Waals surface area contributed by atoms with Gasteiger partial charge >= 0.3 is 5.97 Å². The minimum Gasteiger partial charge on any atom is -0.493 e. The molecule has 0 aliphatic heterocycles. The molecule has 3 rings (SSSR count). The van der Waals surface area contributed by atoms with Gasteiger partial charge in [0.15, 0.2) is 18.1 Å². The van der Waals surface area contributed by atoms with Crippen LogP contribution in [0.1, 0.15) is 21.6 Å². The molecular weight excluding hydrogens is 396 g/mol. The molecule has 0 spiro atoms. The largest absolute Gasteiger partial charge is 0.493 e. The lowest BCUT2D eigenvalue weighted by Crippen LogP contribution is -2.31. The summed E-state index contributed by atoms with van der Waals surface area (Å²) in [6, 6.07) is 18.8. The van der Waals surface area contributed by atoms with Gasteiger partial charge in [-0.15, -0.1) is 0 Å². The molecule has 0 unspecified atom stereocenters. The fourth-order valence-electron chi connectivity index (χ4n) is 3.01. The molecule has 0 aliphatic rings. The van der Waals surface area contributed by atoms with Crippen molar-refractivity contribution in [3.8, 4) is 11.5 Å². The maximum Gasteiger partial charge on any atom is 0.355 e. The average Bonchev–Trinajstić information content (AvgIpc) is 3.22. The van der Waals surface area contributed by atoms with E-state index in [1.807, 2.05) is 48.5 Å². The molecule has 0 bridgehead atoms. The Morgan fingerprint density at radius 3 is 2.42 bits per heavy atom. The lowest BCUT2D eigenvalue weighted by molar-refractivity contribution is -0.133. The van der Waals surface area contributed by atoms with E-state index >= 15 is 0 Å². The van der Waals surface area contributed by atoms with Crippen LogP contribution in [0.5, 0.6) is 11.5 Å². The van der Waals surface area contributed by atoms with E-state index < -0.39 is 5.97 Å². The Morgan fingerprint density at radius 2 is 1.74 bits per heavy atom. The fourth-order valence-corrected chi connectivity index (χ4v) is 3.01. The van der Waals surface area contributed by atoms with Gasteiger partial charge in [0.05, 0.1) is 7.11 Å². The molecule has 7 heteroatoms. The predicted octanol–water partition coefficient (Wildman–Crippen LogP) is 3.43. The van der Waals surface area contributed by atoms with Gasteiger partial charge in [0, 0.05) is 26.8 Å². The second kappa shape index (κ2) is 10.3. The summed E-state index contributed by atoms with van der Waals surface area (Å²) in [5.41, 5.74) is 2.32. The molecule has 0 fully saturated rings. The van der Waals surface area contributed by atoms with Gasteiger partial charge in [0.25, 0.3) is 5.91 Å². The van der Waals surface area contributed by atoms with Crippen LogP contribution in [0.4, 0.5) is 0 Å². The molecule has 162 valence electrons. The molecule has 3 aromatic rings. The molecule has 1 amide bonds. The van der Waals surface area contributed by atoms with Gasteiger partial charge in [-0.25, -0.2) is 4.79 Å². The summed E-state index contributed by atoms with van der Waals surface area (Å²) in [7, 11) is 4.97. The van der Waals surface area contributed by atoms with Crippen LogP contribution in [-0.2, 0) is 29.7 Å². The minimum atomic E-state index is -0.532. The van der Waals surface area contributed by atoms with Crippen molar-refractivity contribution in [1.29, 1.82) is 0 Å². The number of hydrogen-bond acceptors (Lipinski definition) is 5. The van der Waals surface area contributed by atoms with Crippen molar-refractivity contribution in [3.05, 3.63) is 83.7 Å². The number of aryl methyl sites for hydroxylation is 1. The van der Waals surface area contributed by atoms with Gasteiger partial charge in [-0.05, 0) is 35.4 Å². The molecule has 0 aliphatic carbocycles. The van der Waals surface area contributed by atoms with Crippen molar-refractivity contribution in [2.24, 2.45) is 7.05 Å². The molecule has 2 aromatic carbocycles. The molecule has 1 heterocycles. The van der Waals surface area contributed by atoms with Crippen molar-refractivity contribution >= 4 is 11.9 Å². The molecule has 7 nitrogen and oxygen atoms in total. The third-order valence-corrected chi connectivity index (χ3v) is 4.79. The third kappa shape index (κ3) is 5.88. The van der Waals surface area contributed by atoms with Gasteiger partial charge in [0.1, 0.15) is 12.3 Å². The summed E-state index contributed by atoms with van der Waals surface area (Å²) in [5.74, 6) is 0.381. The number of esters is 1. The summed E-state index contributed by atoms with van der Waals surface area (Å²) in [5, 5.41) is 0. The maximum atomic E-state index is 12.4. The highest BCUT2D eigenvalue weighted by Crippen LogP contribution is 2.29. The number of ether oxygens (including phenoxy) is 3. The number of hydrogen-bond donors (Lipinski definition) is 0. The van der Waals surface area contributed by atoms with Gasteiger partial charge in [-0.3, -0.25) is 4.79 Å². The first-order chi connectivity index (χ1) is 15.0. The van der Waals surface area contributed by atoms with Gasteiger partial charge in [-0.1, -0.05) is 36.4 Å². The van der Waals surface area contributed by atoms with Gasteiger partial charge in [0.2, 0.25) is 0 Å². The molecule has 0 atom stereocenters. The van der Waals surface area contributed by atoms with Crippen LogP contribution in [0.2, 0.25) is 0 Å². The number of nitrogens with zero attached hydrogens (tertiary/aromatic N) is 2. The van der Waals surface area contributed by atoms with E-state index in [4.69, 9.17) is 14.2 Å². The molecule has 0 saturated carbocycles. The van der Waals surface area contributed by atoms with E-state index in [0.717, 1.165) is 11.1 Å². The Hall–Kier alpha value is -3.74. The van der Waals surface area contributed by atoms with E-state index in [2.05, 4.69) is 0 Å². The van der Waals surface area contributed by atoms with E-state index in [9.17, 15) is 9.59 Å². The van der Waals surface area contributed by atoms with Crippen molar-refractivity contribution < 1.29 is 23.8 Å². The molecule has 0 saturated heterocycles. The van der Waals surface area contributed by atoms with Crippen LogP contribution in [0.25, 0.3) is 0 Å². The normalized spacial score (nSPS) is 10.4.